The lowest BCUT2D eigenvalue weighted by molar-refractivity contribution is -0.168. The highest BCUT2D eigenvalue weighted by atomic mass is 16.5. The molecule has 0 aliphatic heterocycles. The third-order valence-corrected chi connectivity index (χ3v) is 6.45. The van der Waals surface area contributed by atoms with Gasteiger partial charge in [0.05, 0.1) is 18.7 Å². The molecule has 2 fully saturated rings. The van der Waals surface area contributed by atoms with E-state index in [1.54, 1.807) is 12.1 Å². The van der Waals surface area contributed by atoms with E-state index in [0.717, 1.165) is 19.3 Å². The maximum Gasteiger partial charge on any atom is 0.336 e. The number of nitrogens with two attached hydrogens (primary N) is 1. The first-order valence-corrected chi connectivity index (χ1v) is 9.56. The van der Waals surface area contributed by atoms with Gasteiger partial charge in [0.1, 0.15) is 11.9 Å². The van der Waals surface area contributed by atoms with Crippen molar-refractivity contribution in [2.24, 2.45) is 22.5 Å². The first kappa shape index (κ1) is 20.4. The van der Waals surface area contributed by atoms with E-state index < -0.39 is 36.4 Å². The van der Waals surface area contributed by atoms with Crippen LogP contribution in [0.25, 0.3) is 0 Å². The summed E-state index contributed by atoms with van der Waals surface area (Å²) >= 11 is 0. The molecular weight excluding hydrogens is 364 g/mol. The summed E-state index contributed by atoms with van der Waals surface area (Å²) in [7, 11) is 0. The molecule has 2 bridgehead atoms. The van der Waals surface area contributed by atoms with Crippen LogP contribution in [0.15, 0.2) is 22.8 Å². The van der Waals surface area contributed by atoms with Crippen LogP contribution in [0.5, 0.6) is 0 Å². The van der Waals surface area contributed by atoms with Crippen molar-refractivity contribution in [3.05, 3.63) is 24.2 Å². The molecule has 2 saturated carbocycles. The number of carbonyl (C=O) groups is 3. The van der Waals surface area contributed by atoms with Crippen LogP contribution < -0.4 is 11.1 Å². The standard InChI is InChI=1S/C20H28N2O6/c1-19(2)11-6-7-20(3,10-11)18(19)28-17(26)15(13-5-4-8-27-13)22-16(25)12(21)9-14(23)24/h4-5,8,11-12,15,18H,6-7,9-10,21H2,1-3H3,(H,22,25)(H,23,24)/t11-,12-,15-,18+,20+/m0/s1. The number of hydrogen-bond acceptors (Lipinski definition) is 6. The van der Waals surface area contributed by atoms with Crippen molar-refractivity contribution in [3.8, 4) is 0 Å². The molecule has 154 valence electrons. The number of hydrogen-bond donors (Lipinski definition) is 3. The molecule has 3 rings (SSSR count). The Kier molecular flexibility index (Phi) is 5.27. The van der Waals surface area contributed by atoms with Crippen LogP contribution in [-0.4, -0.2) is 35.1 Å². The minimum atomic E-state index is -1.28. The molecular formula is C20H28N2O6. The summed E-state index contributed by atoms with van der Waals surface area (Å²) in [6.45, 7) is 6.37. The molecule has 0 aromatic carbocycles. The summed E-state index contributed by atoms with van der Waals surface area (Å²) in [5, 5.41) is 11.3. The third kappa shape index (κ3) is 3.65. The summed E-state index contributed by atoms with van der Waals surface area (Å²) < 4.78 is 11.2. The number of ether oxygens (including phenoxy) is 1. The smallest absolute Gasteiger partial charge is 0.336 e. The molecule has 1 amide bonds. The Labute approximate surface area is 163 Å². The van der Waals surface area contributed by atoms with Gasteiger partial charge in [0.15, 0.2) is 6.04 Å². The molecule has 0 radical (unpaired) electrons. The van der Waals surface area contributed by atoms with Crippen LogP contribution in [0.1, 0.15) is 58.3 Å². The molecule has 0 unspecified atom stereocenters. The highest BCUT2D eigenvalue weighted by Crippen LogP contribution is 2.63. The number of esters is 1. The molecule has 4 N–H and O–H groups in total. The van der Waals surface area contributed by atoms with Gasteiger partial charge in [0.25, 0.3) is 0 Å². The van der Waals surface area contributed by atoms with Crippen molar-refractivity contribution < 1.29 is 28.6 Å². The van der Waals surface area contributed by atoms with E-state index >= 15 is 0 Å². The third-order valence-electron chi connectivity index (χ3n) is 6.45. The van der Waals surface area contributed by atoms with E-state index in [9.17, 15) is 14.4 Å². The van der Waals surface area contributed by atoms with E-state index in [0.29, 0.717) is 5.92 Å². The number of furan rings is 1. The van der Waals surface area contributed by atoms with Gasteiger partial charge >= 0.3 is 11.9 Å². The van der Waals surface area contributed by atoms with Crippen LogP contribution in [0.3, 0.4) is 0 Å². The van der Waals surface area contributed by atoms with Crippen molar-refractivity contribution in [2.45, 2.75) is 64.6 Å². The zero-order valence-electron chi connectivity index (χ0n) is 16.4. The summed E-state index contributed by atoms with van der Waals surface area (Å²) in [6, 6.07) is 0.699. The molecule has 8 heteroatoms. The molecule has 1 heterocycles. The van der Waals surface area contributed by atoms with E-state index in [2.05, 4.69) is 26.1 Å². The number of fused-ring (bicyclic) bond motifs is 2. The fourth-order valence-corrected chi connectivity index (χ4v) is 4.97. The van der Waals surface area contributed by atoms with Gasteiger partial charge in [-0.15, -0.1) is 0 Å². The van der Waals surface area contributed by atoms with Gasteiger partial charge in [0.2, 0.25) is 5.91 Å². The number of aliphatic carboxylic acids is 1. The highest BCUT2D eigenvalue weighted by molar-refractivity contribution is 5.90. The van der Waals surface area contributed by atoms with Crippen LogP contribution in [0, 0.1) is 16.7 Å². The second kappa shape index (κ2) is 7.24. The molecule has 0 saturated heterocycles. The SMILES string of the molecule is CC1(C)[C@H]2CC[C@](C)(C2)[C@@H]1OC(=O)[C@@H](NC(=O)[C@@H](N)CC(=O)O)c1ccco1. The van der Waals surface area contributed by atoms with Gasteiger partial charge < -0.3 is 25.3 Å². The summed E-state index contributed by atoms with van der Waals surface area (Å²) in [6.07, 6.45) is 3.72. The van der Waals surface area contributed by atoms with Crippen molar-refractivity contribution in [2.75, 3.05) is 0 Å². The van der Waals surface area contributed by atoms with Crippen LogP contribution in [0.2, 0.25) is 0 Å². The normalized spacial score (nSPS) is 29.9. The molecule has 0 spiro atoms. The van der Waals surface area contributed by atoms with Gasteiger partial charge in [-0.1, -0.05) is 20.8 Å². The minimum absolute atomic E-state index is 0.0821. The van der Waals surface area contributed by atoms with Crippen molar-refractivity contribution in [1.82, 2.24) is 5.32 Å². The van der Waals surface area contributed by atoms with E-state index in [1.165, 1.54) is 6.26 Å². The average molecular weight is 392 g/mol. The number of nitrogens with one attached hydrogen (secondary N) is 1. The maximum atomic E-state index is 13.0. The lowest BCUT2D eigenvalue weighted by atomic mass is 9.70. The van der Waals surface area contributed by atoms with Gasteiger partial charge in [-0.25, -0.2) is 4.79 Å². The van der Waals surface area contributed by atoms with Crippen molar-refractivity contribution >= 4 is 17.8 Å². The van der Waals surface area contributed by atoms with Gasteiger partial charge in [-0.2, -0.15) is 0 Å². The number of carboxylic acid groups (broad SMARTS) is 1. The molecule has 5 atom stereocenters. The Morgan fingerprint density at radius 2 is 2.11 bits per heavy atom. The summed E-state index contributed by atoms with van der Waals surface area (Å²) in [5.41, 5.74) is 5.39. The van der Waals surface area contributed by atoms with E-state index in [4.69, 9.17) is 20.0 Å². The van der Waals surface area contributed by atoms with Gasteiger partial charge in [-0.05, 0) is 37.3 Å². The summed E-state index contributed by atoms with van der Waals surface area (Å²) in [4.78, 5) is 36.1. The Morgan fingerprint density at radius 3 is 2.64 bits per heavy atom. The number of carboxylic acids is 1. The average Bonchev–Trinajstić information content (AvgIpc) is 3.29. The van der Waals surface area contributed by atoms with Crippen LogP contribution in [0.4, 0.5) is 0 Å². The lowest BCUT2D eigenvalue weighted by Crippen LogP contribution is -2.48. The predicted octanol–water partition coefficient (Wildman–Crippen LogP) is 2.00. The van der Waals surface area contributed by atoms with Crippen molar-refractivity contribution in [3.63, 3.8) is 0 Å². The number of carbonyl (C=O) groups excluding carboxylic acids is 2. The molecule has 1 aromatic heterocycles. The second-order valence-corrected chi connectivity index (χ2v) is 8.89. The number of rotatable bonds is 7. The Hall–Kier alpha value is -2.35. The largest absolute Gasteiger partial charge is 0.481 e. The van der Waals surface area contributed by atoms with Crippen LogP contribution in [-0.2, 0) is 19.1 Å². The topological polar surface area (TPSA) is 132 Å². The first-order valence-electron chi connectivity index (χ1n) is 9.56. The first-order chi connectivity index (χ1) is 13.0. The maximum absolute atomic E-state index is 13.0. The second-order valence-electron chi connectivity index (χ2n) is 8.89. The fraction of sp³-hybridized carbons (Fsp3) is 0.650. The predicted molar refractivity (Wildman–Crippen MR) is 98.9 cm³/mol. The molecule has 28 heavy (non-hydrogen) atoms. The molecule has 8 nitrogen and oxygen atoms in total. The Bertz CT molecular complexity index is 754. The molecule has 2 aliphatic carbocycles. The lowest BCUT2D eigenvalue weighted by Gasteiger charge is -2.42. The fourth-order valence-electron chi connectivity index (χ4n) is 4.97. The van der Waals surface area contributed by atoms with Gasteiger partial charge in [0, 0.05) is 10.8 Å². The monoisotopic (exact) mass is 392 g/mol. The number of amides is 1. The van der Waals surface area contributed by atoms with Gasteiger partial charge in [-0.3, -0.25) is 9.59 Å². The zero-order valence-corrected chi connectivity index (χ0v) is 16.4. The zero-order chi connectivity index (χ0) is 20.7. The summed E-state index contributed by atoms with van der Waals surface area (Å²) in [5.74, 6) is -1.86. The molecule has 2 aliphatic rings. The molecule has 1 aromatic rings. The highest BCUT2D eigenvalue weighted by Gasteiger charge is 2.61. The Morgan fingerprint density at radius 1 is 1.39 bits per heavy atom. The van der Waals surface area contributed by atoms with E-state index in [1.807, 2.05) is 0 Å². The quantitative estimate of drug-likeness (QED) is 0.605. The van der Waals surface area contributed by atoms with E-state index in [-0.39, 0.29) is 22.7 Å². The van der Waals surface area contributed by atoms with Crippen molar-refractivity contribution in [1.29, 1.82) is 0 Å². The minimum Gasteiger partial charge on any atom is -0.481 e. The Balaban J connectivity index is 1.77. The van der Waals surface area contributed by atoms with Crippen LogP contribution >= 0.6 is 0 Å².